The zero-order valence-electron chi connectivity index (χ0n) is 13.7. The van der Waals surface area contributed by atoms with E-state index >= 15 is 0 Å². The average molecular weight is 309 g/mol. The number of para-hydroxylation sites is 1. The quantitative estimate of drug-likeness (QED) is 0.668. The van der Waals surface area contributed by atoms with Crippen molar-refractivity contribution < 1.29 is 23.8 Å². The predicted molar refractivity (Wildman–Crippen MR) is 82.3 cm³/mol. The number of hydrogen-bond acceptors (Lipinski definition) is 5. The lowest BCUT2D eigenvalue weighted by molar-refractivity contribution is 0.0516. The number of esters is 1. The Balaban J connectivity index is 2.55. The van der Waals surface area contributed by atoms with E-state index < -0.39 is 17.7 Å². The molecule has 0 saturated carbocycles. The summed E-state index contributed by atoms with van der Waals surface area (Å²) < 4.78 is 15.4. The summed E-state index contributed by atoms with van der Waals surface area (Å²) in [6, 6.07) is 5.23. The van der Waals surface area contributed by atoms with Crippen LogP contribution in [-0.4, -0.2) is 37.9 Å². The highest BCUT2D eigenvalue weighted by Gasteiger charge is 2.17. The Morgan fingerprint density at radius 1 is 1.23 bits per heavy atom. The van der Waals surface area contributed by atoms with Gasteiger partial charge in [-0.05, 0) is 39.3 Å². The monoisotopic (exact) mass is 309 g/mol. The molecule has 1 rings (SSSR count). The largest absolute Gasteiger partial charge is 0.491 e. The highest BCUT2D eigenvalue weighted by Crippen LogP contribution is 2.23. The fourth-order valence-electron chi connectivity index (χ4n) is 1.74. The molecule has 0 heterocycles. The third kappa shape index (κ3) is 5.63. The average Bonchev–Trinajstić information content (AvgIpc) is 2.42. The van der Waals surface area contributed by atoms with E-state index in [4.69, 9.17) is 14.2 Å². The van der Waals surface area contributed by atoms with Gasteiger partial charge in [0.1, 0.15) is 23.5 Å². The minimum atomic E-state index is -0.543. The van der Waals surface area contributed by atoms with Gasteiger partial charge in [0.2, 0.25) is 0 Å². The molecule has 6 heteroatoms. The summed E-state index contributed by atoms with van der Waals surface area (Å²) in [4.78, 5) is 23.2. The SMILES string of the molecule is COC(=O)c1cccc(C)c1OCCNC(=O)OC(C)(C)C. The molecule has 0 saturated heterocycles. The highest BCUT2D eigenvalue weighted by molar-refractivity contribution is 5.92. The topological polar surface area (TPSA) is 73.9 Å². The Bertz CT molecular complexity index is 534. The van der Waals surface area contributed by atoms with Crippen LogP contribution < -0.4 is 10.1 Å². The Hall–Kier alpha value is -2.24. The summed E-state index contributed by atoms with van der Waals surface area (Å²) in [5.41, 5.74) is 0.638. The summed E-state index contributed by atoms with van der Waals surface area (Å²) in [6.07, 6.45) is -0.505. The van der Waals surface area contributed by atoms with E-state index in [0.29, 0.717) is 11.3 Å². The second-order valence-corrected chi connectivity index (χ2v) is 5.72. The lowest BCUT2D eigenvalue weighted by atomic mass is 10.1. The number of aryl methyl sites for hydroxylation is 1. The van der Waals surface area contributed by atoms with Crippen LogP contribution in [0.4, 0.5) is 4.79 Å². The molecule has 0 atom stereocenters. The molecule has 0 bridgehead atoms. The van der Waals surface area contributed by atoms with E-state index in [2.05, 4.69) is 5.32 Å². The third-order valence-corrected chi connectivity index (χ3v) is 2.63. The maximum absolute atomic E-state index is 11.7. The van der Waals surface area contributed by atoms with Crippen molar-refractivity contribution in [3.8, 4) is 5.75 Å². The fourth-order valence-corrected chi connectivity index (χ4v) is 1.74. The second-order valence-electron chi connectivity index (χ2n) is 5.72. The second kappa shape index (κ2) is 7.68. The maximum atomic E-state index is 11.7. The van der Waals surface area contributed by atoms with Crippen molar-refractivity contribution in [2.75, 3.05) is 20.3 Å². The van der Waals surface area contributed by atoms with Crippen molar-refractivity contribution in [1.82, 2.24) is 5.32 Å². The van der Waals surface area contributed by atoms with E-state index in [1.54, 1.807) is 32.9 Å². The van der Waals surface area contributed by atoms with Gasteiger partial charge < -0.3 is 19.5 Å². The zero-order chi connectivity index (χ0) is 16.8. The summed E-state index contributed by atoms with van der Waals surface area (Å²) >= 11 is 0. The first kappa shape index (κ1) is 17.8. The molecule has 0 unspecified atom stereocenters. The van der Waals surface area contributed by atoms with Gasteiger partial charge in [0.25, 0.3) is 0 Å². The van der Waals surface area contributed by atoms with Crippen molar-refractivity contribution in [3.63, 3.8) is 0 Å². The van der Waals surface area contributed by atoms with Gasteiger partial charge in [-0.3, -0.25) is 0 Å². The van der Waals surface area contributed by atoms with Crippen molar-refractivity contribution in [3.05, 3.63) is 29.3 Å². The van der Waals surface area contributed by atoms with E-state index in [-0.39, 0.29) is 13.2 Å². The smallest absolute Gasteiger partial charge is 0.407 e. The number of carbonyl (C=O) groups excluding carboxylic acids is 2. The molecule has 0 aliphatic carbocycles. The molecular formula is C16H23NO5. The molecule has 0 aliphatic rings. The van der Waals surface area contributed by atoms with Gasteiger partial charge >= 0.3 is 12.1 Å². The number of methoxy groups -OCH3 is 1. The van der Waals surface area contributed by atoms with Crippen molar-refractivity contribution in [1.29, 1.82) is 0 Å². The number of alkyl carbamates (subject to hydrolysis) is 1. The summed E-state index contributed by atoms with van der Waals surface area (Å²) in [5.74, 6) is -0.000796. The maximum Gasteiger partial charge on any atom is 0.407 e. The Morgan fingerprint density at radius 2 is 1.91 bits per heavy atom. The molecular weight excluding hydrogens is 286 g/mol. The third-order valence-electron chi connectivity index (χ3n) is 2.63. The lowest BCUT2D eigenvalue weighted by Gasteiger charge is -2.20. The molecule has 1 aromatic rings. The van der Waals surface area contributed by atoms with Gasteiger partial charge in [0, 0.05) is 0 Å². The van der Waals surface area contributed by atoms with Crippen LogP contribution in [0.2, 0.25) is 0 Å². The number of benzene rings is 1. The Kier molecular flexibility index (Phi) is 6.22. The number of ether oxygens (including phenoxy) is 3. The molecule has 0 fully saturated rings. The molecule has 0 radical (unpaired) electrons. The van der Waals surface area contributed by atoms with Crippen molar-refractivity contribution >= 4 is 12.1 Å². The molecule has 1 N–H and O–H groups in total. The van der Waals surface area contributed by atoms with E-state index in [9.17, 15) is 9.59 Å². The number of carbonyl (C=O) groups is 2. The highest BCUT2D eigenvalue weighted by atomic mass is 16.6. The number of rotatable bonds is 5. The van der Waals surface area contributed by atoms with Crippen molar-refractivity contribution in [2.45, 2.75) is 33.3 Å². The first-order valence-corrected chi connectivity index (χ1v) is 7.02. The van der Waals surface area contributed by atoms with Gasteiger partial charge in [0.15, 0.2) is 0 Å². The number of amides is 1. The van der Waals surface area contributed by atoms with Crippen LogP contribution in [0.25, 0.3) is 0 Å². The number of nitrogens with one attached hydrogen (secondary N) is 1. The normalized spacial score (nSPS) is 10.8. The lowest BCUT2D eigenvalue weighted by Crippen LogP contribution is -2.34. The van der Waals surface area contributed by atoms with Crippen LogP contribution in [0, 0.1) is 6.92 Å². The summed E-state index contributed by atoms with van der Waals surface area (Å²) in [5, 5.41) is 2.59. The van der Waals surface area contributed by atoms with Crippen LogP contribution in [0.5, 0.6) is 5.75 Å². The van der Waals surface area contributed by atoms with Gasteiger partial charge in [0.05, 0.1) is 13.7 Å². The molecule has 0 aliphatic heterocycles. The predicted octanol–water partition coefficient (Wildman–Crippen LogP) is 2.69. The van der Waals surface area contributed by atoms with Crippen LogP contribution in [0.15, 0.2) is 18.2 Å². The van der Waals surface area contributed by atoms with E-state index in [1.807, 2.05) is 13.0 Å². The van der Waals surface area contributed by atoms with Crippen molar-refractivity contribution in [2.24, 2.45) is 0 Å². The van der Waals surface area contributed by atoms with Gasteiger partial charge in [-0.1, -0.05) is 12.1 Å². The minimum absolute atomic E-state index is 0.216. The molecule has 6 nitrogen and oxygen atoms in total. The summed E-state index contributed by atoms with van der Waals surface area (Å²) in [6.45, 7) is 7.69. The minimum Gasteiger partial charge on any atom is -0.491 e. The van der Waals surface area contributed by atoms with Gasteiger partial charge in [-0.15, -0.1) is 0 Å². The molecule has 1 aromatic carbocycles. The first-order chi connectivity index (χ1) is 10.2. The van der Waals surface area contributed by atoms with E-state index in [0.717, 1.165) is 5.56 Å². The zero-order valence-corrected chi connectivity index (χ0v) is 13.7. The van der Waals surface area contributed by atoms with Crippen LogP contribution in [0.3, 0.4) is 0 Å². The molecule has 122 valence electrons. The molecule has 22 heavy (non-hydrogen) atoms. The fraction of sp³-hybridized carbons (Fsp3) is 0.500. The van der Waals surface area contributed by atoms with Gasteiger partial charge in [-0.25, -0.2) is 9.59 Å². The van der Waals surface area contributed by atoms with Crippen LogP contribution in [-0.2, 0) is 9.47 Å². The molecule has 0 spiro atoms. The molecule has 0 aromatic heterocycles. The number of hydrogen-bond donors (Lipinski definition) is 1. The summed E-state index contributed by atoms with van der Waals surface area (Å²) in [7, 11) is 1.32. The molecule has 1 amide bonds. The van der Waals surface area contributed by atoms with Gasteiger partial charge in [-0.2, -0.15) is 0 Å². The van der Waals surface area contributed by atoms with Crippen LogP contribution in [0.1, 0.15) is 36.7 Å². The Morgan fingerprint density at radius 3 is 2.50 bits per heavy atom. The van der Waals surface area contributed by atoms with Crippen LogP contribution >= 0.6 is 0 Å². The standard InChI is InChI=1S/C16H23NO5/c1-11-7-6-8-12(14(18)20-5)13(11)21-10-9-17-15(19)22-16(2,3)4/h6-8H,9-10H2,1-5H3,(H,17,19). The Labute approximate surface area is 130 Å². The van der Waals surface area contributed by atoms with E-state index in [1.165, 1.54) is 7.11 Å². The first-order valence-electron chi connectivity index (χ1n) is 7.02.